The molecule has 1 atom stereocenters. The second-order valence-corrected chi connectivity index (χ2v) is 5.46. The summed E-state index contributed by atoms with van der Waals surface area (Å²) < 4.78 is 0. The third-order valence-corrected chi connectivity index (χ3v) is 3.96. The first kappa shape index (κ1) is 13.2. The number of hydrogen-bond acceptors (Lipinski definition) is 2. The molecule has 0 aliphatic carbocycles. The Morgan fingerprint density at radius 3 is 2.45 bits per heavy atom. The highest BCUT2D eigenvalue weighted by molar-refractivity contribution is 5.45. The Labute approximate surface area is 121 Å². The molecule has 0 unspecified atom stereocenters. The van der Waals surface area contributed by atoms with Crippen LogP contribution in [0.15, 0.2) is 54.6 Å². The lowest BCUT2D eigenvalue weighted by Gasteiger charge is -2.24. The van der Waals surface area contributed by atoms with Crippen molar-refractivity contribution in [2.24, 2.45) is 0 Å². The van der Waals surface area contributed by atoms with E-state index in [-0.39, 0.29) is 0 Å². The number of benzene rings is 2. The molecule has 1 fully saturated rings. The minimum Gasteiger partial charge on any atom is -0.381 e. The van der Waals surface area contributed by atoms with Gasteiger partial charge in [0.25, 0.3) is 0 Å². The molecule has 2 nitrogen and oxygen atoms in total. The molecule has 2 aromatic rings. The Balaban J connectivity index is 1.58. The van der Waals surface area contributed by atoms with E-state index >= 15 is 0 Å². The zero-order valence-electron chi connectivity index (χ0n) is 11.8. The topological polar surface area (TPSA) is 24.1 Å². The number of anilines is 1. The van der Waals surface area contributed by atoms with Gasteiger partial charge in [-0.05, 0) is 42.6 Å². The average Bonchev–Trinajstić information content (AvgIpc) is 2.55. The lowest BCUT2D eigenvalue weighted by Crippen LogP contribution is -2.26. The summed E-state index contributed by atoms with van der Waals surface area (Å²) in [5, 5.41) is 7.06. The van der Waals surface area contributed by atoms with Gasteiger partial charge in [-0.2, -0.15) is 0 Å². The Kier molecular flexibility index (Phi) is 4.34. The Morgan fingerprint density at radius 1 is 0.950 bits per heavy atom. The van der Waals surface area contributed by atoms with Crippen LogP contribution in [0, 0.1) is 0 Å². The monoisotopic (exact) mass is 266 g/mol. The third kappa shape index (κ3) is 3.40. The van der Waals surface area contributed by atoms with Crippen molar-refractivity contribution in [3.8, 4) is 0 Å². The van der Waals surface area contributed by atoms with Gasteiger partial charge in [-0.15, -0.1) is 0 Å². The molecule has 0 amide bonds. The number of nitrogens with one attached hydrogen (secondary N) is 2. The van der Waals surface area contributed by atoms with Gasteiger partial charge in [0.05, 0.1) is 0 Å². The van der Waals surface area contributed by atoms with Crippen LogP contribution >= 0.6 is 0 Å². The van der Waals surface area contributed by atoms with E-state index < -0.39 is 0 Å². The van der Waals surface area contributed by atoms with Gasteiger partial charge in [0, 0.05) is 18.3 Å². The van der Waals surface area contributed by atoms with Gasteiger partial charge in [0.15, 0.2) is 0 Å². The second-order valence-electron chi connectivity index (χ2n) is 5.46. The molecule has 0 saturated carbocycles. The van der Waals surface area contributed by atoms with Crippen LogP contribution in [-0.4, -0.2) is 6.54 Å². The van der Waals surface area contributed by atoms with Crippen LogP contribution in [0.5, 0.6) is 0 Å². The van der Waals surface area contributed by atoms with Crippen LogP contribution in [0.25, 0.3) is 0 Å². The maximum atomic E-state index is 3.59. The van der Waals surface area contributed by atoms with Gasteiger partial charge in [0.1, 0.15) is 0 Å². The molecule has 0 bridgehead atoms. The summed E-state index contributed by atoms with van der Waals surface area (Å²) in [6.45, 7) is 2.03. The van der Waals surface area contributed by atoms with E-state index in [1.165, 1.54) is 36.1 Å². The van der Waals surface area contributed by atoms with Gasteiger partial charge in [-0.1, -0.05) is 48.9 Å². The van der Waals surface area contributed by atoms with Crippen LogP contribution in [0.4, 0.5) is 5.69 Å². The van der Waals surface area contributed by atoms with Crippen LogP contribution in [0.2, 0.25) is 0 Å². The van der Waals surface area contributed by atoms with Gasteiger partial charge in [-0.25, -0.2) is 0 Å². The van der Waals surface area contributed by atoms with Crippen LogP contribution in [0.1, 0.15) is 36.4 Å². The van der Waals surface area contributed by atoms with Crippen molar-refractivity contribution in [1.29, 1.82) is 0 Å². The molecule has 3 rings (SSSR count). The molecule has 2 heteroatoms. The summed E-state index contributed by atoms with van der Waals surface area (Å²) in [5.41, 5.74) is 3.91. The molecular weight excluding hydrogens is 244 g/mol. The maximum Gasteiger partial charge on any atom is 0.0400 e. The summed E-state index contributed by atoms with van der Waals surface area (Å²) in [7, 11) is 0. The average molecular weight is 266 g/mol. The normalized spacial score (nSPS) is 18.7. The highest BCUT2D eigenvalue weighted by Gasteiger charge is 2.13. The molecule has 1 aliphatic heterocycles. The standard InChI is InChI=1S/C18H22N2/c1-2-6-15(7-3-1)14-20-17-11-9-16(10-12-17)18-8-4-5-13-19-18/h1-3,6-7,9-12,18-20H,4-5,8,13-14H2/t18-/m0/s1. The molecule has 104 valence electrons. The van der Waals surface area contributed by atoms with Crippen molar-refractivity contribution in [2.75, 3.05) is 11.9 Å². The van der Waals surface area contributed by atoms with Crippen molar-refractivity contribution >= 4 is 5.69 Å². The van der Waals surface area contributed by atoms with Gasteiger partial charge in [-0.3, -0.25) is 0 Å². The minimum absolute atomic E-state index is 0.548. The Hall–Kier alpha value is -1.80. The fraction of sp³-hybridized carbons (Fsp3) is 0.333. The van der Waals surface area contributed by atoms with Crippen molar-refractivity contribution in [2.45, 2.75) is 31.8 Å². The van der Waals surface area contributed by atoms with Crippen LogP contribution < -0.4 is 10.6 Å². The quantitative estimate of drug-likeness (QED) is 0.870. The molecule has 0 spiro atoms. The van der Waals surface area contributed by atoms with Gasteiger partial charge < -0.3 is 10.6 Å². The highest BCUT2D eigenvalue weighted by atomic mass is 14.9. The molecule has 1 aliphatic rings. The molecule has 2 aromatic carbocycles. The van der Waals surface area contributed by atoms with E-state index in [0.717, 1.165) is 13.1 Å². The second kappa shape index (κ2) is 6.58. The summed E-state index contributed by atoms with van der Waals surface area (Å²) in [5.74, 6) is 0. The van der Waals surface area contributed by atoms with Crippen LogP contribution in [-0.2, 0) is 6.54 Å². The number of rotatable bonds is 4. The summed E-state index contributed by atoms with van der Waals surface area (Å²) in [6, 6.07) is 19.9. The fourth-order valence-electron chi connectivity index (χ4n) is 2.77. The highest BCUT2D eigenvalue weighted by Crippen LogP contribution is 2.24. The van der Waals surface area contributed by atoms with E-state index in [4.69, 9.17) is 0 Å². The maximum absolute atomic E-state index is 3.59. The van der Waals surface area contributed by atoms with E-state index in [2.05, 4.69) is 65.2 Å². The largest absolute Gasteiger partial charge is 0.381 e. The van der Waals surface area contributed by atoms with Crippen molar-refractivity contribution in [3.05, 3.63) is 65.7 Å². The smallest absolute Gasteiger partial charge is 0.0400 e. The molecule has 0 aromatic heterocycles. The Bertz CT molecular complexity index is 513. The zero-order valence-corrected chi connectivity index (χ0v) is 11.8. The van der Waals surface area contributed by atoms with Gasteiger partial charge >= 0.3 is 0 Å². The predicted molar refractivity (Wildman–Crippen MR) is 84.8 cm³/mol. The molecular formula is C18H22N2. The minimum atomic E-state index is 0.548. The summed E-state index contributed by atoms with van der Waals surface area (Å²) in [4.78, 5) is 0. The van der Waals surface area contributed by atoms with Crippen molar-refractivity contribution < 1.29 is 0 Å². The first-order valence-electron chi connectivity index (χ1n) is 7.53. The fourth-order valence-corrected chi connectivity index (χ4v) is 2.77. The molecule has 1 saturated heterocycles. The first-order valence-corrected chi connectivity index (χ1v) is 7.53. The first-order chi connectivity index (χ1) is 9.92. The summed E-state index contributed by atoms with van der Waals surface area (Å²) in [6.07, 6.45) is 3.91. The third-order valence-electron chi connectivity index (χ3n) is 3.96. The van der Waals surface area contributed by atoms with E-state index in [1.807, 2.05) is 0 Å². The Morgan fingerprint density at radius 2 is 1.75 bits per heavy atom. The molecule has 20 heavy (non-hydrogen) atoms. The van der Waals surface area contributed by atoms with Crippen molar-refractivity contribution in [3.63, 3.8) is 0 Å². The van der Waals surface area contributed by atoms with Gasteiger partial charge in [0.2, 0.25) is 0 Å². The van der Waals surface area contributed by atoms with E-state index in [1.54, 1.807) is 0 Å². The molecule has 1 heterocycles. The van der Waals surface area contributed by atoms with Crippen LogP contribution in [0.3, 0.4) is 0 Å². The van der Waals surface area contributed by atoms with E-state index in [9.17, 15) is 0 Å². The lowest BCUT2D eigenvalue weighted by atomic mass is 9.97. The molecule has 0 radical (unpaired) electrons. The summed E-state index contributed by atoms with van der Waals surface area (Å²) >= 11 is 0. The zero-order chi connectivity index (χ0) is 13.6. The van der Waals surface area contributed by atoms with E-state index in [0.29, 0.717) is 6.04 Å². The molecule has 2 N–H and O–H groups in total. The predicted octanol–water partition coefficient (Wildman–Crippen LogP) is 4.11. The number of hydrogen-bond donors (Lipinski definition) is 2. The lowest BCUT2D eigenvalue weighted by molar-refractivity contribution is 0.412. The van der Waals surface area contributed by atoms with Crippen molar-refractivity contribution in [1.82, 2.24) is 5.32 Å². The SMILES string of the molecule is c1ccc(CNc2ccc([C@@H]3CCCCN3)cc2)cc1. The number of piperidine rings is 1.